The zero-order valence-electron chi connectivity index (χ0n) is 48.5. The molecule has 0 radical (unpaired) electrons. The number of carbonyl (C=O) groups excluding carboxylic acids is 5. The van der Waals surface area contributed by atoms with E-state index < -0.39 is 130 Å². The van der Waals surface area contributed by atoms with E-state index in [1.807, 2.05) is 51.1 Å². The van der Waals surface area contributed by atoms with Crippen molar-refractivity contribution in [3.05, 3.63) is 35.9 Å². The topological polar surface area (TPSA) is 224 Å². The minimum atomic E-state index is -4.67. The summed E-state index contributed by atoms with van der Waals surface area (Å²) in [7, 11) is 0.959. The number of quaternary nitrogens is 1. The predicted molar refractivity (Wildman–Crippen MR) is 270 cm³/mol. The molecular formula is C53H89N2O17S+. The molecule has 9 atom stereocenters. The first-order valence-electron chi connectivity index (χ1n) is 24.5. The van der Waals surface area contributed by atoms with Crippen LogP contribution in [0.3, 0.4) is 0 Å². The summed E-state index contributed by atoms with van der Waals surface area (Å²) in [5.41, 5.74) is -20.0. The number of hydrogen-bond acceptors (Lipinski definition) is 17. The molecule has 73 heavy (non-hydrogen) atoms. The Kier molecular flexibility index (Phi) is 17.4. The molecule has 3 rings (SSSR count). The Morgan fingerprint density at radius 2 is 1.08 bits per heavy atom. The van der Waals surface area contributed by atoms with E-state index in [2.05, 4.69) is 5.32 Å². The lowest BCUT2D eigenvalue weighted by Gasteiger charge is -2.70. The van der Waals surface area contributed by atoms with Gasteiger partial charge in [-0.3, -0.25) is 19.2 Å². The van der Waals surface area contributed by atoms with E-state index in [0.717, 1.165) is 12.7 Å². The molecule has 0 aliphatic carbocycles. The van der Waals surface area contributed by atoms with Gasteiger partial charge in [-0.25, -0.2) is 8.98 Å². The Morgan fingerprint density at radius 3 is 1.51 bits per heavy atom. The second-order valence-electron chi connectivity index (χ2n) is 25.8. The maximum atomic E-state index is 14.6. The van der Waals surface area contributed by atoms with Crippen LogP contribution < -0.4 is 5.32 Å². The lowest BCUT2D eigenvalue weighted by molar-refractivity contribution is -1.03. The van der Waals surface area contributed by atoms with Crippen molar-refractivity contribution in [2.75, 3.05) is 48.1 Å². The number of nitrogens with one attached hydrogen (secondary N) is 1. The van der Waals surface area contributed by atoms with Crippen LogP contribution >= 0.6 is 0 Å². The zero-order valence-corrected chi connectivity index (χ0v) is 49.3. The number of nitrogens with zero attached hydrogens (tertiary/aromatic N) is 1. The van der Waals surface area contributed by atoms with Crippen molar-refractivity contribution in [1.29, 1.82) is 0 Å². The number of methoxy groups -OCH3 is 1. The van der Waals surface area contributed by atoms with Crippen LogP contribution in [0.25, 0.3) is 0 Å². The van der Waals surface area contributed by atoms with Crippen LogP contribution in [-0.2, 0) is 87.3 Å². The predicted octanol–water partition coefficient (Wildman–Crippen LogP) is 7.32. The summed E-state index contributed by atoms with van der Waals surface area (Å²) in [6.07, 6.45) is 0. The first-order chi connectivity index (χ1) is 32.4. The highest BCUT2D eigenvalue weighted by atomic mass is 32.3. The van der Waals surface area contributed by atoms with E-state index in [9.17, 15) is 32.4 Å². The molecule has 19 nitrogen and oxygen atoms in total. The molecule has 1 aromatic carbocycles. The number of esters is 4. The molecule has 20 heteroatoms. The fourth-order valence-electron chi connectivity index (χ4n) is 9.68. The highest BCUT2D eigenvalue weighted by Crippen LogP contribution is 2.64. The summed E-state index contributed by atoms with van der Waals surface area (Å²) >= 11 is 0. The second kappa shape index (κ2) is 20.0. The van der Waals surface area contributed by atoms with Gasteiger partial charge in [-0.15, -0.1) is 0 Å². The molecule has 2 aliphatic heterocycles. The normalized spacial score (nSPS) is 34.0. The third-order valence-corrected chi connectivity index (χ3v) is 17.0. The Hall–Kier alpha value is -3.76. The van der Waals surface area contributed by atoms with Gasteiger partial charge in [0.05, 0.1) is 82.1 Å². The molecule has 1 amide bonds. The van der Waals surface area contributed by atoms with Crippen LogP contribution in [0.2, 0.25) is 0 Å². The van der Waals surface area contributed by atoms with Gasteiger partial charge >= 0.3 is 34.3 Å². The minimum Gasteiger partial charge on any atom is -0.467 e. The van der Waals surface area contributed by atoms with E-state index in [1.165, 1.54) is 62.7 Å². The van der Waals surface area contributed by atoms with Gasteiger partial charge in [0.2, 0.25) is 11.5 Å². The van der Waals surface area contributed by atoms with Crippen molar-refractivity contribution in [1.82, 2.24) is 5.32 Å². The van der Waals surface area contributed by atoms with Gasteiger partial charge in [0, 0.05) is 17.8 Å². The molecule has 4 unspecified atom stereocenters. The molecule has 0 saturated carbocycles. The molecule has 2 saturated heterocycles. The summed E-state index contributed by atoms with van der Waals surface area (Å²) in [4.78, 5) is 71.4. The standard InChI is InChI=1S/C53H88N2O17S/c1-35(56)54-49(17)45(13,44(11,12)46(14,34-66-73(61,62)72-55(22,23)24)71-53(49,21)65-31-36-29-27-26-28-30-36)32-64-33-47(15)50(18,67-37(57)41(2,3)4)52(20,69-39(59)43(8,9)10)51(19,68-38(58)42(5,6)7)48(16,70-47)40(60)63-25/h26-30H,31-34H2,1-25H3/p+1/t45-,46?,47?,48?,49+,50-,51-,52-,53?/m1/s1. The minimum absolute atomic E-state index is 0.0241. The number of amides is 1. The van der Waals surface area contributed by atoms with Gasteiger partial charge in [-0.1, -0.05) is 51.1 Å². The number of hydrogen-bond donors (Lipinski definition) is 1. The Balaban J connectivity index is 2.50. The van der Waals surface area contributed by atoms with E-state index >= 15 is 0 Å². The molecule has 418 valence electrons. The Labute approximate surface area is 435 Å². The molecule has 0 aromatic heterocycles. The molecular weight excluding hydrogens is 969 g/mol. The van der Waals surface area contributed by atoms with Crippen molar-refractivity contribution >= 4 is 40.2 Å². The van der Waals surface area contributed by atoms with Crippen LogP contribution in [0.4, 0.5) is 0 Å². The van der Waals surface area contributed by atoms with E-state index in [-0.39, 0.29) is 13.2 Å². The number of carbonyl (C=O) groups is 5. The van der Waals surface area contributed by atoms with Crippen LogP contribution in [0.1, 0.15) is 151 Å². The van der Waals surface area contributed by atoms with Crippen LogP contribution in [-0.4, -0.2) is 136 Å². The highest BCUT2D eigenvalue weighted by Gasteiger charge is 2.83. The average Bonchev–Trinajstić information content (AvgIpc) is 3.21. The van der Waals surface area contributed by atoms with Gasteiger partial charge in [-0.2, -0.15) is 13.1 Å². The van der Waals surface area contributed by atoms with Crippen molar-refractivity contribution in [2.45, 2.75) is 197 Å². The second-order valence-corrected chi connectivity index (χ2v) is 27.0. The lowest BCUT2D eigenvalue weighted by Crippen LogP contribution is -2.88. The van der Waals surface area contributed by atoms with E-state index in [0.29, 0.717) is 0 Å². The fourth-order valence-corrected chi connectivity index (χ4v) is 10.6. The summed E-state index contributed by atoms with van der Waals surface area (Å²) < 4.78 is 90.2. The summed E-state index contributed by atoms with van der Waals surface area (Å²) in [5, 5.41) is 3.13. The fraction of sp³-hybridized carbons (Fsp3) is 0.792. The smallest absolute Gasteiger partial charge is 0.444 e. The molecule has 2 fully saturated rings. The van der Waals surface area contributed by atoms with Crippen molar-refractivity contribution in [3.8, 4) is 0 Å². The summed E-state index contributed by atoms with van der Waals surface area (Å²) in [5.74, 6) is -5.72. The summed E-state index contributed by atoms with van der Waals surface area (Å²) in [6.45, 7) is 31.9. The Bertz CT molecular complexity index is 2350. The number of hydroxylamine groups is 3. The largest absolute Gasteiger partial charge is 0.467 e. The van der Waals surface area contributed by atoms with E-state index in [4.69, 9.17) is 46.4 Å². The average molecular weight is 1060 g/mol. The monoisotopic (exact) mass is 1060 g/mol. The maximum absolute atomic E-state index is 14.6. The molecule has 0 spiro atoms. The van der Waals surface area contributed by atoms with Crippen LogP contribution in [0.5, 0.6) is 0 Å². The van der Waals surface area contributed by atoms with Gasteiger partial charge in [0.1, 0.15) is 5.60 Å². The van der Waals surface area contributed by atoms with Gasteiger partial charge in [0.15, 0.2) is 22.6 Å². The van der Waals surface area contributed by atoms with Crippen LogP contribution in [0.15, 0.2) is 30.3 Å². The Morgan fingerprint density at radius 1 is 0.630 bits per heavy atom. The quantitative estimate of drug-likeness (QED) is 0.0698. The van der Waals surface area contributed by atoms with Gasteiger partial charge in [0.25, 0.3) is 0 Å². The third-order valence-electron chi connectivity index (χ3n) is 16.0. The van der Waals surface area contributed by atoms with Crippen LogP contribution in [0, 0.1) is 27.1 Å². The molecule has 1 N–H and O–H groups in total. The third kappa shape index (κ3) is 11.5. The number of benzene rings is 1. The zero-order chi connectivity index (χ0) is 57.1. The van der Waals surface area contributed by atoms with Crippen molar-refractivity contribution in [3.63, 3.8) is 0 Å². The SMILES string of the molecule is COC(=O)C1(C)OC(C)(COC[C@]2(C)C(C)(C)C(C)(COS(=O)(=O)O[N+](C)(C)C)OC(C)(OCc3ccccc3)[C@@]2(C)NC(C)=O)[C@@](C)(OC(=O)C(C)(C)C)[C@@](C)(OC(=O)C(C)(C)C)[C@]1(C)OC(=O)C(C)(C)C. The molecule has 2 aliphatic rings. The maximum Gasteiger partial charge on any atom is 0.444 e. The van der Waals surface area contributed by atoms with Gasteiger partial charge in [-0.05, 0) is 128 Å². The lowest BCUT2D eigenvalue weighted by atomic mass is 9.47. The highest BCUT2D eigenvalue weighted by molar-refractivity contribution is 7.81. The summed E-state index contributed by atoms with van der Waals surface area (Å²) in [6, 6.07) is 9.23. The van der Waals surface area contributed by atoms with Gasteiger partial charge < -0.3 is 43.2 Å². The first-order valence-corrected chi connectivity index (χ1v) is 25.9. The number of ether oxygens (including phenoxy) is 8. The van der Waals surface area contributed by atoms with E-state index in [1.54, 1.807) is 83.1 Å². The van der Waals surface area contributed by atoms with Crippen molar-refractivity contribution < 1.29 is 83.4 Å². The molecule has 0 bridgehead atoms. The number of rotatable bonds is 17. The molecule has 1 aromatic rings. The molecule has 2 heterocycles. The first kappa shape index (κ1) is 63.5. The van der Waals surface area contributed by atoms with Crippen molar-refractivity contribution in [2.24, 2.45) is 27.1 Å².